The molecular weight excluding hydrogens is 424 g/mol. The monoisotopic (exact) mass is 452 g/mol. The molecule has 1 N–H and O–H groups in total. The number of hydrogen-bond acceptors (Lipinski definition) is 4. The summed E-state index contributed by atoms with van der Waals surface area (Å²) in [7, 11) is -2.47. The minimum absolute atomic E-state index is 0.0780. The van der Waals surface area contributed by atoms with Crippen molar-refractivity contribution in [1.29, 1.82) is 0 Å². The molecule has 0 atom stereocenters. The quantitative estimate of drug-likeness (QED) is 0.524. The Morgan fingerprint density at radius 1 is 0.969 bits per heavy atom. The van der Waals surface area contributed by atoms with Crippen molar-refractivity contribution < 1.29 is 17.9 Å². The number of hydrogen-bond donors (Lipinski definition) is 1. The normalized spacial score (nSPS) is 11.3. The van der Waals surface area contributed by atoms with Gasteiger partial charge in [0.15, 0.2) is 0 Å². The highest BCUT2D eigenvalue weighted by Crippen LogP contribution is 2.27. The maximum atomic E-state index is 13.5. The lowest BCUT2D eigenvalue weighted by Crippen LogP contribution is -2.38. The number of methoxy groups -OCH3 is 1. The predicted octanol–water partition coefficient (Wildman–Crippen LogP) is 4.96. The smallest absolute Gasteiger partial charge is 0.264 e. The average molecular weight is 453 g/mol. The van der Waals surface area contributed by atoms with E-state index in [1.807, 2.05) is 57.2 Å². The second kappa shape index (κ2) is 9.87. The van der Waals surface area contributed by atoms with Gasteiger partial charge in [-0.2, -0.15) is 0 Å². The summed E-state index contributed by atoms with van der Waals surface area (Å²) in [4.78, 5) is 13.1. The van der Waals surface area contributed by atoms with Gasteiger partial charge < -0.3 is 10.1 Å². The second-order valence-electron chi connectivity index (χ2n) is 7.81. The Morgan fingerprint density at radius 3 is 2.19 bits per heavy atom. The molecule has 0 heterocycles. The zero-order chi connectivity index (χ0) is 23.3. The van der Waals surface area contributed by atoms with E-state index in [0.717, 1.165) is 15.4 Å². The molecule has 0 aliphatic carbocycles. The molecule has 1 amide bonds. The molecule has 6 nitrogen and oxygen atoms in total. The Hall–Kier alpha value is -3.32. The minimum Gasteiger partial charge on any atom is -0.497 e. The average Bonchev–Trinajstić information content (AvgIpc) is 2.78. The minimum atomic E-state index is -3.99. The van der Waals surface area contributed by atoms with Crippen molar-refractivity contribution in [2.75, 3.05) is 23.3 Å². The van der Waals surface area contributed by atoms with Crippen LogP contribution in [0.2, 0.25) is 0 Å². The van der Waals surface area contributed by atoms with Crippen LogP contribution in [0, 0.1) is 6.92 Å². The SMILES string of the molecule is COc1ccc(S(=O)(=O)N(CC(=O)Nc2ccccc2C(C)C)c2ccc(C)cc2)cc1. The van der Waals surface area contributed by atoms with Crippen molar-refractivity contribution in [2.45, 2.75) is 31.6 Å². The summed E-state index contributed by atoms with van der Waals surface area (Å²) in [6.45, 7) is 5.64. The number of amides is 1. The molecule has 168 valence electrons. The maximum Gasteiger partial charge on any atom is 0.264 e. The number of ether oxygens (including phenoxy) is 1. The van der Waals surface area contributed by atoms with Crippen LogP contribution >= 0.6 is 0 Å². The van der Waals surface area contributed by atoms with Gasteiger partial charge in [-0.15, -0.1) is 0 Å². The third kappa shape index (κ3) is 5.29. The van der Waals surface area contributed by atoms with Gasteiger partial charge in [-0.05, 0) is 60.9 Å². The van der Waals surface area contributed by atoms with Crippen LogP contribution in [-0.4, -0.2) is 28.0 Å². The Bertz CT molecular complexity index is 1170. The fourth-order valence-corrected chi connectivity index (χ4v) is 4.76. The van der Waals surface area contributed by atoms with Gasteiger partial charge in [0.25, 0.3) is 10.0 Å². The molecule has 3 rings (SSSR count). The number of anilines is 2. The highest BCUT2D eigenvalue weighted by atomic mass is 32.2. The molecule has 3 aromatic rings. The number of carbonyl (C=O) groups excluding carboxylic acids is 1. The number of rotatable bonds is 8. The summed E-state index contributed by atoms with van der Waals surface area (Å²) in [5.41, 5.74) is 3.07. The van der Waals surface area contributed by atoms with E-state index >= 15 is 0 Å². The molecule has 0 saturated carbocycles. The van der Waals surface area contributed by atoms with Gasteiger partial charge in [0.2, 0.25) is 5.91 Å². The molecule has 3 aromatic carbocycles. The van der Waals surface area contributed by atoms with Crippen LogP contribution < -0.4 is 14.4 Å². The summed E-state index contributed by atoms with van der Waals surface area (Å²) in [6, 6.07) is 20.7. The molecule has 0 fully saturated rings. The van der Waals surface area contributed by atoms with Crippen molar-refractivity contribution in [1.82, 2.24) is 0 Å². The fraction of sp³-hybridized carbons (Fsp3) is 0.240. The largest absolute Gasteiger partial charge is 0.497 e. The van der Waals surface area contributed by atoms with Gasteiger partial charge in [0, 0.05) is 5.69 Å². The van der Waals surface area contributed by atoms with Crippen LogP contribution in [0.5, 0.6) is 5.75 Å². The highest BCUT2D eigenvalue weighted by Gasteiger charge is 2.27. The number of aryl methyl sites for hydroxylation is 1. The van der Waals surface area contributed by atoms with Gasteiger partial charge in [-0.3, -0.25) is 9.10 Å². The number of nitrogens with zero attached hydrogens (tertiary/aromatic N) is 1. The molecular formula is C25H28N2O4S. The van der Waals surface area contributed by atoms with Crippen LogP contribution in [0.1, 0.15) is 30.9 Å². The van der Waals surface area contributed by atoms with Gasteiger partial charge in [-0.25, -0.2) is 8.42 Å². The van der Waals surface area contributed by atoms with Crippen molar-refractivity contribution in [3.63, 3.8) is 0 Å². The first-order valence-electron chi connectivity index (χ1n) is 10.3. The number of benzene rings is 3. The molecule has 0 radical (unpaired) electrons. The first-order chi connectivity index (χ1) is 15.2. The van der Waals surface area contributed by atoms with E-state index in [1.54, 1.807) is 24.3 Å². The Morgan fingerprint density at radius 2 is 1.59 bits per heavy atom. The van der Waals surface area contributed by atoms with Crippen molar-refractivity contribution in [2.24, 2.45) is 0 Å². The molecule has 0 aliphatic rings. The Balaban J connectivity index is 1.95. The van der Waals surface area contributed by atoms with E-state index in [9.17, 15) is 13.2 Å². The standard InChI is InChI=1S/C25H28N2O4S/c1-18(2)23-7-5-6-8-24(23)26-25(28)17-27(20-11-9-19(3)10-12-20)32(29,30)22-15-13-21(31-4)14-16-22/h5-16,18H,17H2,1-4H3,(H,26,28). The molecule has 7 heteroatoms. The fourth-order valence-electron chi connectivity index (χ4n) is 3.34. The Labute approximate surface area is 189 Å². The molecule has 0 aliphatic heterocycles. The first-order valence-corrected chi connectivity index (χ1v) is 11.8. The van der Waals surface area contributed by atoms with Crippen LogP contribution in [0.4, 0.5) is 11.4 Å². The molecule has 32 heavy (non-hydrogen) atoms. The highest BCUT2D eigenvalue weighted by molar-refractivity contribution is 7.92. The third-order valence-corrected chi connectivity index (χ3v) is 6.90. The summed E-state index contributed by atoms with van der Waals surface area (Å²) in [5, 5.41) is 2.88. The lowest BCUT2D eigenvalue weighted by Gasteiger charge is -2.25. The van der Waals surface area contributed by atoms with Gasteiger partial charge in [0.1, 0.15) is 12.3 Å². The molecule has 0 spiro atoms. The van der Waals surface area contributed by atoms with Gasteiger partial charge in [-0.1, -0.05) is 49.7 Å². The van der Waals surface area contributed by atoms with E-state index in [1.165, 1.54) is 19.2 Å². The van der Waals surface area contributed by atoms with Gasteiger partial charge in [0.05, 0.1) is 17.7 Å². The van der Waals surface area contributed by atoms with Crippen molar-refractivity contribution >= 4 is 27.3 Å². The van der Waals surface area contributed by atoms with E-state index in [-0.39, 0.29) is 17.4 Å². The van der Waals surface area contributed by atoms with Crippen LogP contribution in [0.15, 0.2) is 77.7 Å². The lowest BCUT2D eigenvalue weighted by atomic mass is 10.0. The van der Waals surface area contributed by atoms with E-state index < -0.39 is 15.9 Å². The lowest BCUT2D eigenvalue weighted by molar-refractivity contribution is -0.114. The number of nitrogens with one attached hydrogen (secondary N) is 1. The molecule has 0 unspecified atom stereocenters. The zero-order valence-corrected chi connectivity index (χ0v) is 19.5. The molecule has 0 bridgehead atoms. The first kappa shape index (κ1) is 23.3. The summed E-state index contributed by atoms with van der Waals surface area (Å²) < 4.78 is 33.2. The number of sulfonamides is 1. The zero-order valence-electron chi connectivity index (χ0n) is 18.7. The third-order valence-electron chi connectivity index (χ3n) is 5.11. The van der Waals surface area contributed by atoms with E-state index in [4.69, 9.17) is 4.74 Å². The molecule has 0 aromatic heterocycles. The maximum absolute atomic E-state index is 13.5. The number of para-hydroxylation sites is 1. The Kier molecular flexibility index (Phi) is 7.20. The van der Waals surface area contributed by atoms with E-state index in [2.05, 4.69) is 5.32 Å². The van der Waals surface area contributed by atoms with Crippen molar-refractivity contribution in [3.05, 3.63) is 83.9 Å². The van der Waals surface area contributed by atoms with Crippen LogP contribution in [0.3, 0.4) is 0 Å². The second-order valence-corrected chi connectivity index (χ2v) is 9.68. The number of carbonyl (C=O) groups is 1. The van der Waals surface area contributed by atoms with Crippen molar-refractivity contribution in [3.8, 4) is 5.75 Å². The topological polar surface area (TPSA) is 75.7 Å². The van der Waals surface area contributed by atoms with Crippen LogP contribution in [-0.2, 0) is 14.8 Å². The van der Waals surface area contributed by atoms with Gasteiger partial charge >= 0.3 is 0 Å². The van der Waals surface area contributed by atoms with E-state index in [0.29, 0.717) is 17.1 Å². The predicted molar refractivity (Wildman–Crippen MR) is 128 cm³/mol. The summed E-state index contributed by atoms with van der Waals surface area (Å²) in [6.07, 6.45) is 0. The summed E-state index contributed by atoms with van der Waals surface area (Å²) in [5.74, 6) is 0.340. The van der Waals surface area contributed by atoms with Crippen LogP contribution in [0.25, 0.3) is 0 Å². The summed E-state index contributed by atoms with van der Waals surface area (Å²) >= 11 is 0. The molecule has 0 saturated heterocycles.